The molecule has 1 aromatic rings. The van der Waals surface area contributed by atoms with Crippen LogP contribution in [-0.2, 0) is 9.47 Å². The third-order valence-corrected chi connectivity index (χ3v) is 4.14. The Hall–Kier alpha value is -1.74. The lowest BCUT2D eigenvalue weighted by Gasteiger charge is -2.31. The molecule has 2 atom stereocenters. The Labute approximate surface area is 119 Å². The molecule has 0 aromatic heterocycles. The van der Waals surface area contributed by atoms with E-state index in [0.29, 0.717) is 6.42 Å². The third-order valence-electron chi connectivity index (χ3n) is 4.14. The van der Waals surface area contributed by atoms with Crippen molar-refractivity contribution in [2.75, 3.05) is 13.7 Å². The molecule has 1 aliphatic heterocycles. The SMILES string of the molecule is COC1=C2OCCC[C@H]2[C@](O)(/C=C/c2ccccc2)C1. The molecule has 106 valence electrons. The van der Waals surface area contributed by atoms with Crippen LogP contribution in [0.3, 0.4) is 0 Å². The van der Waals surface area contributed by atoms with E-state index in [1.54, 1.807) is 7.11 Å². The summed E-state index contributed by atoms with van der Waals surface area (Å²) in [5, 5.41) is 11.0. The maximum Gasteiger partial charge on any atom is 0.140 e. The van der Waals surface area contributed by atoms with Gasteiger partial charge in [0.05, 0.1) is 19.6 Å². The average Bonchev–Trinajstić information content (AvgIpc) is 2.80. The van der Waals surface area contributed by atoms with E-state index in [4.69, 9.17) is 9.47 Å². The quantitative estimate of drug-likeness (QED) is 0.918. The highest BCUT2D eigenvalue weighted by molar-refractivity contribution is 5.51. The molecule has 1 N–H and O–H groups in total. The van der Waals surface area contributed by atoms with Crippen molar-refractivity contribution >= 4 is 6.08 Å². The van der Waals surface area contributed by atoms with Crippen LogP contribution in [0.15, 0.2) is 47.9 Å². The average molecular weight is 272 g/mol. The fraction of sp³-hybridized carbons (Fsp3) is 0.412. The van der Waals surface area contributed by atoms with E-state index in [2.05, 4.69) is 0 Å². The van der Waals surface area contributed by atoms with E-state index in [1.165, 1.54) is 0 Å². The second-order valence-corrected chi connectivity index (χ2v) is 5.45. The molecule has 3 nitrogen and oxygen atoms in total. The predicted octanol–water partition coefficient (Wildman–Crippen LogP) is 3.12. The third kappa shape index (κ3) is 2.34. The van der Waals surface area contributed by atoms with Gasteiger partial charge in [-0.3, -0.25) is 0 Å². The molecule has 3 heteroatoms. The molecule has 2 aliphatic rings. The molecule has 0 amide bonds. The number of hydrogen-bond acceptors (Lipinski definition) is 3. The number of ether oxygens (including phenoxy) is 2. The van der Waals surface area contributed by atoms with Gasteiger partial charge in [-0.15, -0.1) is 0 Å². The van der Waals surface area contributed by atoms with Gasteiger partial charge < -0.3 is 14.6 Å². The minimum absolute atomic E-state index is 0.0196. The molecule has 0 unspecified atom stereocenters. The lowest BCUT2D eigenvalue weighted by Crippen LogP contribution is -2.35. The van der Waals surface area contributed by atoms with E-state index in [9.17, 15) is 5.11 Å². The highest BCUT2D eigenvalue weighted by Gasteiger charge is 2.47. The fourth-order valence-electron chi connectivity index (χ4n) is 3.07. The van der Waals surface area contributed by atoms with Gasteiger partial charge >= 0.3 is 0 Å². The van der Waals surface area contributed by atoms with Gasteiger partial charge in [0.15, 0.2) is 0 Å². The largest absolute Gasteiger partial charge is 0.497 e. The second-order valence-electron chi connectivity index (χ2n) is 5.45. The fourth-order valence-corrected chi connectivity index (χ4v) is 3.07. The molecule has 0 spiro atoms. The molecule has 1 aliphatic carbocycles. The van der Waals surface area contributed by atoms with Crippen molar-refractivity contribution in [3.63, 3.8) is 0 Å². The lowest BCUT2D eigenvalue weighted by atomic mass is 9.84. The minimum atomic E-state index is -0.892. The van der Waals surface area contributed by atoms with Gasteiger partial charge in [0.25, 0.3) is 0 Å². The van der Waals surface area contributed by atoms with Crippen molar-refractivity contribution in [3.05, 3.63) is 53.5 Å². The van der Waals surface area contributed by atoms with Crippen LogP contribution in [0.1, 0.15) is 24.8 Å². The van der Waals surface area contributed by atoms with Crippen LogP contribution in [0, 0.1) is 5.92 Å². The number of fused-ring (bicyclic) bond motifs is 1. The summed E-state index contributed by atoms with van der Waals surface area (Å²) in [6.45, 7) is 0.719. The standard InChI is InChI=1S/C17H20O3/c1-19-15-12-17(18,14-8-5-11-20-16(14)15)10-9-13-6-3-2-4-7-13/h2-4,6-7,9-10,14,18H,5,8,11-12H2,1H3/b10-9+/t14-,17+/m1/s1. The van der Waals surface area contributed by atoms with Gasteiger partial charge in [-0.1, -0.05) is 42.5 Å². The van der Waals surface area contributed by atoms with E-state index in [1.807, 2.05) is 42.5 Å². The van der Waals surface area contributed by atoms with Crippen molar-refractivity contribution in [1.29, 1.82) is 0 Å². The van der Waals surface area contributed by atoms with Crippen LogP contribution in [0.2, 0.25) is 0 Å². The first-order valence-corrected chi connectivity index (χ1v) is 7.09. The number of rotatable bonds is 3. The zero-order chi connectivity index (χ0) is 14.0. The predicted molar refractivity (Wildman–Crippen MR) is 77.8 cm³/mol. The molecule has 20 heavy (non-hydrogen) atoms. The van der Waals surface area contributed by atoms with Crippen LogP contribution >= 0.6 is 0 Å². The van der Waals surface area contributed by atoms with Gasteiger partial charge in [-0.05, 0) is 18.4 Å². The minimum Gasteiger partial charge on any atom is -0.497 e. The van der Waals surface area contributed by atoms with Crippen LogP contribution < -0.4 is 0 Å². The summed E-state index contributed by atoms with van der Waals surface area (Å²) in [7, 11) is 1.64. The van der Waals surface area contributed by atoms with Gasteiger partial charge in [0.2, 0.25) is 0 Å². The Morgan fingerprint density at radius 3 is 2.90 bits per heavy atom. The first kappa shape index (κ1) is 13.3. The summed E-state index contributed by atoms with van der Waals surface area (Å²) in [5.74, 6) is 1.65. The van der Waals surface area contributed by atoms with E-state index < -0.39 is 5.60 Å². The lowest BCUT2D eigenvalue weighted by molar-refractivity contribution is 0.00949. The summed E-state index contributed by atoms with van der Waals surface area (Å²) in [6, 6.07) is 10.0. The summed E-state index contributed by atoms with van der Waals surface area (Å²) in [5.41, 5.74) is 0.196. The van der Waals surface area contributed by atoms with Crippen molar-refractivity contribution in [1.82, 2.24) is 0 Å². The van der Waals surface area contributed by atoms with E-state index in [0.717, 1.165) is 36.5 Å². The van der Waals surface area contributed by atoms with Crippen molar-refractivity contribution in [2.45, 2.75) is 24.9 Å². The van der Waals surface area contributed by atoms with Crippen LogP contribution in [0.5, 0.6) is 0 Å². The molecule has 1 aromatic carbocycles. The summed E-state index contributed by atoms with van der Waals surface area (Å²) >= 11 is 0. The molecule has 0 saturated carbocycles. The molecular weight excluding hydrogens is 252 g/mol. The van der Waals surface area contributed by atoms with E-state index >= 15 is 0 Å². The number of hydrogen-bond donors (Lipinski definition) is 1. The number of benzene rings is 1. The van der Waals surface area contributed by atoms with Crippen LogP contribution in [0.25, 0.3) is 6.08 Å². The van der Waals surface area contributed by atoms with Crippen molar-refractivity contribution in [2.24, 2.45) is 5.92 Å². The summed E-state index contributed by atoms with van der Waals surface area (Å²) in [6.07, 6.45) is 6.29. The zero-order valence-electron chi connectivity index (χ0n) is 11.7. The van der Waals surface area contributed by atoms with Crippen molar-refractivity contribution < 1.29 is 14.6 Å². The monoisotopic (exact) mass is 272 g/mol. The number of aliphatic hydroxyl groups is 1. The molecule has 1 heterocycles. The van der Waals surface area contributed by atoms with Crippen molar-refractivity contribution in [3.8, 4) is 0 Å². The summed E-state index contributed by atoms with van der Waals surface area (Å²) < 4.78 is 11.1. The van der Waals surface area contributed by atoms with E-state index in [-0.39, 0.29) is 5.92 Å². The second kappa shape index (κ2) is 5.33. The van der Waals surface area contributed by atoms with Gasteiger partial charge in [-0.25, -0.2) is 0 Å². The Morgan fingerprint density at radius 1 is 1.35 bits per heavy atom. The Kier molecular flexibility index (Phi) is 3.53. The molecule has 0 bridgehead atoms. The topological polar surface area (TPSA) is 38.7 Å². The summed E-state index contributed by atoms with van der Waals surface area (Å²) in [4.78, 5) is 0. The van der Waals surface area contributed by atoms with Gasteiger partial charge in [-0.2, -0.15) is 0 Å². The highest BCUT2D eigenvalue weighted by Crippen LogP contribution is 2.46. The van der Waals surface area contributed by atoms with Gasteiger partial charge in [0.1, 0.15) is 17.1 Å². The Bertz CT molecular complexity index is 532. The van der Waals surface area contributed by atoms with Crippen LogP contribution in [-0.4, -0.2) is 24.4 Å². The normalized spacial score (nSPS) is 29.4. The molecular formula is C17H20O3. The first-order chi connectivity index (χ1) is 9.73. The smallest absolute Gasteiger partial charge is 0.140 e. The number of methoxy groups -OCH3 is 1. The molecule has 3 rings (SSSR count). The maximum atomic E-state index is 11.0. The molecule has 1 saturated heterocycles. The molecule has 1 fully saturated rings. The Morgan fingerprint density at radius 2 is 2.15 bits per heavy atom. The maximum absolute atomic E-state index is 11.0. The van der Waals surface area contributed by atoms with Crippen LogP contribution in [0.4, 0.5) is 0 Å². The Balaban J connectivity index is 1.84. The first-order valence-electron chi connectivity index (χ1n) is 7.09. The zero-order valence-corrected chi connectivity index (χ0v) is 11.7. The highest BCUT2D eigenvalue weighted by atomic mass is 16.5. The molecule has 0 radical (unpaired) electrons. The van der Waals surface area contributed by atoms with Gasteiger partial charge in [0, 0.05) is 6.42 Å².